The van der Waals surface area contributed by atoms with Crippen molar-refractivity contribution in [3.8, 4) is 0 Å². The quantitative estimate of drug-likeness (QED) is 0.678. The van der Waals surface area contributed by atoms with Gasteiger partial charge in [0.15, 0.2) is 11.6 Å². The minimum atomic E-state index is -0.876. The molecule has 0 saturated heterocycles. The van der Waals surface area contributed by atoms with Crippen LogP contribution in [0.25, 0.3) is 0 Å². The predicted molar refractivity (Wildman–Crippen MR) is 70.0 cm³/mol. The summed E-state index contributed by atoms with van der Waals surface area (Å²) in [6.07, 6.45) is 0. The number of hydrogen-bond donors (Lipinski definition) is 0. The molecule has 94 valence electrons. The Hall–Kier alpha value is -1.41. The van der Waals surface area contributed by atoms with Crippen LogP contribution in [0.5, 0.6) is 0 Å². The van der Waals surface area contributed by atoms with Gasteiger partial charge in [-0.25, -0.2) is 8.78 Å². The third-order valence-corrected chi connectivity index (χ3v) is 3.43. The summed E-state index contributed by atoms with van der Waals surface area (Å²) in [7, 11) is 0. The van der Waals surface area contributed by atoms with E-state index in [1.54, 1.807) is 0 Å². The van der Waals surface area contributed by atoms with E-state index < -0.39 is 17.0 Å². The summed E-state index contributed by atoms with van der Waals surface area (Å²) in [6, 6.07) is 9.86. The summed E-state index contributed by atoms with van der Waals surface area (Å²) in [6.45, 7) is 3.84. The fourth-order valence-electron chi connectivity index (χ4n) is 1.92. The average Bonchev–Trinajstić information content (AvgIpc) is 2.35. The molecule has 0 saturated carbocycles. The Morgan fingerprint density at radius 3 is 2.44 bits per heavy atom. The summed E-state index contributed by atoms with van der Waals surface area (Å²) in [4.78, 5) is 0. The van der Waals surface area contributed by atoms with Crippen LogP contribution in [0.4, 0.5) is 8.78 Å². The predicted octanol–water partition coefficient (Wildman–Crippen LogP) is 4.91. The van der Waals surface area contributed by atoms with E-state index in [1.165, 1.54) is 12.1 Å². The van der Waals surface area contributed by atoms with Crippen LogP contribution in [-0.4, -0.2) is 0 Å². The molecule has 0 fully saturated rings. The highest BCUT2D eigenvalue weighted by atomic mass is 35.5. The summed E-state index contributed by atoms with van der Waals surface area (Å²) >= 11 is 6.28. The second kappa shape index (κ2) is 5.07. The maximum Gasteiger partial charge on any atom is 0.163 e. The van der Waals surface area contributed by atoms with Crippen molar-refractivity contribution in [2.24, 2.45) is 0 Å². The molecule has 0 nitrogen and oxygen atoms in total. The van der Waals surface area contributed by atoms with Crippen LogP contribution in [0.15, 0.2) is 36.4 Å². The molecule has 0 aliphatic heterocycles. The van der Waals surface area contributed by atoms with Gasteiger partial charge in [-0.1, -0.05) is 35.9 Å². The molecule has 0 bridgehead atoms. The van der Waals surface area contributed by atoms with Crippen molar-refractivity contribution < 1.29 is 8.78 Å². The molecule has 18 heavy (non-hydrogen) atoms. The van der Waals surface area contributed by atoms with Crippen LogP contribution in [0.2, 0.25) is 0 Å². The highest BCUT2D eigenvalue weighted by Gasteiger charge is 2.19. The Balaban J connectivity index is 2.51. The van der Waals surface area contributed by atoms with Gasteiger partial charge < -0.3 is 0 Å². The van der Waals surface area contributed by atoms with Crippen molar-refractivity contribution in [3.05, 3.63) is 70.3 Å². The molecule has 1 atom stereocenters. The molecular weight excluding hydrogens is 254 g/mol. The number of alkyl halides is 1. The molecule has 0 spiro atoms. The Morgan fingerprint density at radius 1 is 1.00 bits per heavy atom. The van der Waals surface area contributed by atoms with Crippen molar-refractivity contribution >= 4 is 11.6 Å². The third-order valence-electron chi connectivity index (χ3n) is 2.96. The molecule has 1 unspecified atom stereocenters. The Labute approximate surface area is 110 Å². The van der Waals surface area contributed by atoms with Gasteiger partial charge in [0.25, 0.3) is 0 Å². The topological polar surface area (TPSA) is 0 Å². The van der Waals surface area contributed by atoms with Crippen LogP contribution in [-0.2, 0) is 0 Å². The van der Waals surface area contributed by atoms with Gasteiger partial charge in [-0.15, -0.1) is 11.6 Å². The van der Waals surface area contributed by atoms with Crippen molar-refractivity contribution in [1.29, 1.82) is 0 Å². The van der Waals surface area contributed by atoms with E-state index in [4.69, 9.17) is 11.6 Å². The van der Waals surface area contributed by atoms with Crippen LogP contribution in [0.3, 0.4) is 0 Å². The maximum absolute atomic E-state index is 13.7. The lowest BCUT2D eigenvalue weighted by Crippen LogP contribution is -2.01. The lowest BCUT2D eigenvalue weighted by Gasteiger charge is -2.15. The van der Waals surface area contributed by atoms with Crippen molar-refractivity contribution in [3.63, 3.8) is 0 Å². The molecule has 0 N–H and O–H groups in total. The monoisotopic (exact) mass is 266 g/mol. The lowest BCUT2D eigenvalue weighted by molar-refractivity contribution is 0.500. The number of halogens is 3. The highest BCUT2D eigenvalue weighted by Crippen LogP contribution is 2.33. The number of benzene rings is 2. The van der Waals surface area contributed by atoms with Gasteiger partial charge in [0, 0.05) is 5.56 Å². The second-order valence-electron chi connectivity index (χ2n) is 4.37. The normalized spacial score (nSPS) is 12.5. The molecular formula is C15H13ClF2. The van der Waals surface area contributed by atoms with E-state index in [-0.39, 0.29) is 5.56 Å². The van der Waals surface area contributed by atoms with E-state index in [9.17, 15) is 8.78 Å². The SMILES string of the molecule is Cc1ccc(C)c(C(Cl)c2cccc(F)c2F)c1. The third kappa shape index (κ3) is 2.39. The molecule has 0 aromatic heterocycles. The van der Waals surface area contributed by atoms with Crippen LogP contribution >= 0.6 is 11.6 Å². The van der Waals surface area contributed by atoms with Crippen molar-refractivity contribution in [1.82, 2.24) is 0 Å². The van der Waals surface area contributed by atoms with Gasteiger partial charge >= 0.3 is 0 Å². The smallest absolute Gasteiger partial charge is 0.163 e. The summed E-state index contributed by atoms with van der Waals surface area (Å²) in [5, 5.41) is -0.680. The van der Waals surface area contributed by atoms with Gasteiger partial charge in [0.2, 0.25) is 0 Å². The first kappa shape index (κ1) is 13.0. The highest BCUT2D eigenvalue weighted by molar-refractivity contribution is 6.22. The Morgan fingerprint density at radius 2 is 1.72 bits per heavy atom. The largest absolute Gasteiger partial charge is 0.204 e. The molecule has 0 radical (unpaired) electrons. The van der Waals surface area contributed by atoms with Crippen LogP contribution in [0, 0.1) is 25.5 Å². The molecule has 0 aliphatic rings. The van der Waals surface area contributed by atoms with E-state index in [2.05, 4.69) is 0 Å². The van der Waals surface area contributed by atoms with Gasteiger partial charge in [-0.2, -0.15) is 0 Å². The van der Waals surface area contributed by atoms with Gasteiger partial charge in [0.1, 0.15) is 0 Å². The summed E-state index contributed by atoms with van der Waals surface area (Å²) < 4.78 is 26.9. The van der Waals surface area contributed by atoms with E-state index in [0.29, 0.717) is 0 Å². The molecule has 2 aromatic carbocycles. The van der Waals surface area contributed by atoms with Crippen LogP contribution in [0.1, 0.15) is 27.6 Å². The number of hydrogen-bond acceptors (Lipinski definition) is 0. The van der Waals surface area contributed by atoms with Gasteiger partial charge in [0.05, 0.1) is 5.38 Å². The Bertz CT molecular complexity index is 577. The second-order valence-corrected chi connectivity index (χ2v) is 4.80. The average molecular weight is 267 g/mol. The van der Waals surface area contributed by atoms with Gasteiger partial charge in [-0.05, 0) is 31.0 Å². The zero-order valence-corrected chi connectivity index (χ0v) is 10.9. The van der Waals surface area contributed by atoms with E-state index in [1.807, 2.05) is 32.0 Å². The molecule has 0 amide bonds. The fourth-order valence-corrected chi connectivity index (χ4v) is 2.32. The van der Waals surface area contributed by atoms with E-state index in [0.717, 1.165) is 22.8 Å². The zero-order chi connectivity index (χ0) is 13.3. The molecule has 3 heteroatoms. The van der Waals surface area contributed by atoms with Crippen molar-refractivity contribution in [2.45, 2.75) is 19.2 Å². The fraction of sp³-hybridized carbons (Fsp3) is 0.200. The maximum atomic E-state index is 13.7. The molecule has 2 rings (SSSR count). The molecule has 0 aliphatic carbocycles. The molecule has 2 aromatic rings. The first-order valence-electron chi connectivity index (χ1n) is 5.66. The first-order valence-corrected chi connectivity index (χ1v) is 6.09. The van der Waals surface area contributed by atoms with Crippen LogP contribution < -0.4 is 0 Å². The Kier molecular flexibility index (Phi) is 3.67. The number of aryl methyl sites for hydroxylation is 2. The standard InChI is InChI=1S/C15H13ClF2/c1-9-6-7-10(2)12(8-9)14(16)11-4-3-5-13(17)15(11)18/h3-8,14H,1-2H3. The van der Waals surface area contributed by atoms with Gasteiger partial charge in [-0.3, -0.25) is 0 Å². The first-order chi connectivity index (χ1) is 8.50. The minimum Gasteiger partial charge on any atom is -0.204 e. The lowest BCUT2D eigenvalue weighted by atomic mass is 9.98. The number of rotatable bonds is 2. The minimum absolute atomic E-state index is 0.172. The van der Waals surface area contributed by atoms with Crippen molar-refractivity contribution in [2.75, 3.05) is 0 Å². The summed E-state index contributed by atoms with van der Waals surface area (Å²) in [5.74, 6) is -1.75. The molecule has 0 heterocycles. The zero-order valence-electron chi connectivity index (χ0n) is 10.2. The van der Waals surface area contributed by atoms with E-state index >= 15 is 0 Å². The summed E-state index contributed by atoms with van der Waals surface area (Å²) in [5.41, 5.74) is 2.98.